The number of hydrogen-bond acceptors (Lipinski definition) is 3. The first-order chi connectivity index (χ1) is 11.0. The Hall–Kier alpha value is -2.21. The number of rotatable bonds is 5. The minimum absolute atomic E-state index is 0.572. The molecule has 0 unspecified atom stereocenters. The van der Waals surface area contributed by atoms with Gasteiger partial charge in [0.05, 0.1) is 30.9 Å². The first-order valence-corrected chi connectivity index (χ1v) is 7.63. The minimum Gasteiger partial charge on any atom is -0.481 e. The maximum absolute atomic E-state index is 6.03. The fourth-order valence-corrected chi connectivity index (χ4v) is 2.54. The van der Waals surface area contributed by atoms with E-state index in [1.54, 1.807) is 14.2 Å². The van der Waals surface area contributed by atoms with Gasteiger partial charge >= 0.3 is 0 Å². The Kier molecular flexibility index (Phi) is 5.87. The highest BCUT2D eigenvalue weighted by atomic mass is 35.5. The second-order valence-electron chi connectivity index (χ2n) is 5.19. The maximum atomic E-state index is 6.03. The first kappa shape index (κ1) is 17.1. The summed E-state index contributed by atoms with van der Waals surface area (Å²) in [5.41, 5.74) is 2.00. The van der Waals surface area contributed by atoms with Crippen molar-refractivity contribution in [3.63, 3.8) is 0 Å². The third-order valence-electron chi connectivity index (χ3n) is 3.47. The van der Waals surface area contributed by atoms with Crippen molar-refractivity contribution in [2.75, 3.05) is 21.2 Å². The predicted molar refractivity (Wildman–Crippen MR) is 92.9 cm³/mol. The zero-order chi connectivity index (χ0) is 16.8. The molecule has 0 bridgehead atoms. The van der Waals surface area contributed by atoms with Gasteiger partial charge in [0, 0.05) is 39.1 Å². The number of guanidine groups is 1. The van der Waals surface area contributed by atoms with Gasteiger partial charge in [-0.25, -0.2) is 4.98 Å². The second-order valence-corrected chi connectivity index (χ2v) is 5.63. The normalized spacial score (nSPS) is 11.4. The van der Waals surface area contributed by atoms with Gasteiger partial charge in [-0.3, -0.25) is 4.99 Å². The van der Waals surface area contributed by atoms with E-state index in [1.807, 2.05) is 54.0 Å². The summed E-state index contributed by atoms with van der Waals surface area (Å²) in [5.74, 6) is 1.39. The van der Waals surface area contributed by atoms with Crippen LogP contribution in [-0.2, 0) is 20.1 Å². The van der Waals surface area contributed by atoms with Crippen LogP contribution in [0.15, 0.2) is 35.5 Å². The molecule has 0 amide bonds. The van der Waals surface area contributed by atoms with Crippen LogP contribution in [0.3, 0.4) is 0 Å². The van der Waals surface area contributed by atoms with Crippen molar-refractivity contribution < 1.29 is 4.74 Å². The first-order valence-electron chi connectivity index (χ1n) is 7.26. The molecule has 0 aliphatic carbocycles. The van der Waals surface area contributed by atoms with Crippen molar-refractivity contribution in [1.82, 2.24) is 19.8 Å². The molecule has 0 radical (unpaired) electrons. The molecule has 6 nitrogen and oxygen atoms in total. The van der Waals surface area contributed by atoms with Gasteiger partial charge < -0.3 is 19.5 Å². The Bertz CT molecular complexity index is 683. The van der Waals surface area contributed by atoms with Crippen LogP contribution in [0.25, 0.3) is 0 Å². The number of hydrogen-bond donors (Lipinski definition) is 1. The van der Waals surface area contributed by atoms with Gasteiger partial charge in [-0.2, -0.15) is 0 Å². The number of pyridine rings is 1. The van der Waals surface area contributed by atoms with Gasteiger partial charge in [-0.1, -0.05) is 17.7 Å². The molecular formula is C16H22ClN5O. The van der Waals surface area contributed by atoms with Gasteiger partial charge in [0.25, 0.3) is 0 Å². The van der Waals surface area contributed by atoms with Crippen LogP contribution < -0.4 is 10.1 Å². The maximum Gasteiger partial charge on any atom is 0.213 e. The average molecular weight is 336 g/mol. The highest BCUT2D eigenvalue weighted by molar-refractivity contribution is 6.30. The van der Waals surface area contributed by atoms with E-state index in [9.17, 15) is 0 Å². The number of nitrogens with one attached hydrogen (secondary N) is 1. The fourth-order valence-electron chi connectivity index (χ4n) is 2.27. The Balaban J connectivity index is 1.97. The smallest absolute Gasteiger partial charge is 0.213 e. The highest BCUT2D eigenvalue weighted by Gasteiger charge is 2.10. The zero-order valence-corrected chi connectivity index (χ0v) is 14.6. The standard InChI is InChI=1S/C16H22ClN5O/c1-18-16(19-9-13-6-5-7-15(20-13)23-4)22(3)11-14-8-12(17)10-21(14)2/h5-8,10H,9,11H2,1-4H3,(H,18,19). The number of aryl methyl sites for hydroxylation is 1. The number of methoxy groups -OCH3 is 1. The van der Waals surface area contributed by atoms with Crippen LogP contribution in [-0.4, -0.2) is 41.6 Å². The lowest BCUT2D eigenvalue weighted by molar-refractivity contribution is 0.395. The van der Waals surface area contributed by atoms with E-state index in [1.165, 1.54) is 0 Å². The lowest BCUT2D eigenvalue weighted by Crippen LogP contribution is -2.38. The number of halogens is 1. The van der Waals surface area contributed by atoms with Gasteiger partial charge in [-0.15, -0.1) is 0 Å². The Labute approximate surface area is 141 Å². The monoisotopic (exact) mass is 335 g/mol. The van der Waals surface area contributed by atoms with Crippen molar-refractivity contribution >= 4 is 17.6 Å². The largest absolute Gasteiger partial charge is 0.481 e. The Morgan fingerprint density at radius 2 is 2.26 bits per heavy atom. The van der Waals surface area contributed by atoms with Gasteiger partial charge in [0.1, 0.15) is 0 Å². The quantitative estimate of drug-likeness (QED) is 0.673. The minimum atomic E-state index is 0.572. The molecule has 0 spiro atoms. The molecule has 0 saturated carbocycles. The number of aromatic nitrogens is 2. The van der Waals surface area contributed by atoms with Crippen molar-refractivity contribution in [2.45, 2.75) is 13.1 Å². The molecule has 23 heavy (non-hydrogen) atoms. The zero-order valence-electron chi connectivity index (χ0n) is 13.9. The molecular weight excluding hydrogens is 314 g/mol. The molecule has 2 rings (SSSR count). The number of aliphatic imine (C=N–C) groups is 1. The Morgan fingerprint density at radius 3 is 2.87 bits per heavy atom. The Morgan fingerprint density at radius 1 is 1.48 bits per heavy atom. The lowest BCUT2D eigenvalue weighted by Gasteiger charge is -2.22. The van der Waals surface area contributed by atoms with Crippen molar-refractivity contribution in [3.8, 4) is 5.88 Å². The molecule has 124 valence electrons. The molecule has 0 saturated heterocycles. The van der Waals surface area contributed by atoms with Crippen molar-refractivity contribution in [3.05, 3.63) is 46.9 Å². The van der Waals surface area contributed by atoms with Crippen molar-refractivity contribution in [2.24, 2.45) is 12.0 Å². The molecule has 0 aliphatic heterocycles. The molecule has 0 atom stereocenters. The van der Waals surface area contributed by atoms with Crippen LogP contribution in [0.2, 0.25) is 5.02 Å². The van der Waals surface area contributed by atoms with E-state index in [0.717, 1.165) is 22.4 Å². The molecule has 2 aromatic rings. The van der Waals surface area contributed by atoms with Crippen LogP contribution in [0.4, 0.5) is 0 Å². The van der Waals surface area contributed by atoms with E-state index in [4.69, 9.17) is 16.3 Å². The van der Waals surface area contributed by atoms with Gasteiger partial charge in [-0.05, 0) is 12.1 Å². The third kappa shape index (κ3) is 4.63. The van der Waals surface area contributed by atoms with E-state index in [-0.39, 0.29) is 0 Å². The highest BCUT2D eigenvalue weighted by Crippen LogP contribution is 2.14. The van der Waals surface area contributed by atoms with E-state index in [0.29, 0.717) is 19.0 Å². The van der Waals surface area contributed by atoms with Gasteiger partial charge in [0.2, 0.25) is 5.88 Å². The summed E-state index contributed by atoms with van der Waals surface area (Å²) in [5, 5.41) is 4.03. The van der Waals surface area contributed by atoms with Crippen LogP contribution in [0, 0.1) is 0 Å². The SMILES string of the molecule is CN=C(NCc1cccc(OC)n1)N(C)Cc1cc(Cl)cn1C. The summed E-state index contributed by atoms with van der Waals surface area (Å²) in [6.45, 7) is 1.27. The second kappa shape index (κ2) is 7.87. The van der Waals surface area contributed by atoms with E-state index in [2.05, 4.69) is 15.3 Å². The number of nitrogens with zero attached hydrogens (tertiary/aromatic N) is 4. The summed E-state index contributed by atoms with van der Waals surface area (Å²) in [6, 6.07) is 7.64. The summed E-state index contributed by atoms with van der Waals surface area (Å²) in [6.07, 6.45) is 1.89. The molecule has 0 aromatic carbocycles. The third-order valence-corrected chi connectivity index (χ3v) is 3.67. The van der Waals surface area contributed by atoms with Crippen molar-refractivity contribution in [1.29, 1.82) is 0 Å². The van der Waals surface area contributed by atoms with Crippen LogP contribution >= 0.6 is 11.6 Å². The summed E-state index contributed by atoms with van der Waals surface area (Å²) in [7, 11) is 7.33. The molecule has 2 heterocycles. The molecule has 2 aromatic heterocycles. The molecule has 7 heteroatoms. The predicted octanol–water partition coefficient (Wildman–Crippen LogP) is 2.29. The average Bonchev–Trinajstić information content (AvgIpc) is 2.85. The summed E-state index contributed by atoms with van der Waals surface area (Å²) in [4.78, 5) is 10.7. The number of ether oxygens (including phenoxy) is 1. The summed E-state index contributed by atoms with van der Waals surface area (Å²) >= 11 is 6.03. The van der Waals surface area contributed by atoms with E-state index >= 15 is 0 Å². The topological polar surface area (TPSA) is 54.7 Å². The molecule has 1 N–H and O–H groups in total. The molecule has 0 aliphatic rings. The lowest BCUT2D eigenvalue weighted by atomic mass is 10.3. The van der Waals surface area contributed by atoms with Gasteiger partial charge in [0.15, 0.2) is 5.96 Å². The van der Waals surface area contributed by atoms with Crippen LogP contribution in [0.5, 0.6) is 5.88 Å². The van der Waals surface area contributed by atoms with Crippen LogP contribution in [0.1, 0.15) is 11.4 Å². The van der Waals surface area contributed by atoms with E-state index < -0.39 is 0 Å². The molecule has 0 fully saturated rings. The summed E-state index contributed by atoms with van der Waals surface area (Å²) < 4.78 is 7.14. The fraction of sp³-hybridized carbons (Fsp3) is 0.375.